The van der Waals surface area contributed by atoms with Crippen molar-refractivity contribution >= 4 is 6.09 Å². The molecule has 1 fully saturated rings. The number of amides is 1. The second-order valence-electron chi connectivity index (χ2n) is 5.09. The Morgan fingerprint density at radius 1 is 1.39 bits per heavy atom. The minimum absolute atomic E-state index is 0.0636. The Balaban J connectivity index is 2.23. The first-order chi connectivity index (χ1) is 8.69. The molecule has 1 aromatic rings. The van der Waals surface area contributed by atoms with Crippen LogP contribution in [0.1, 0.15) is 32.3 Å². The molecule has 0 aliphatic carbocycles. The van der Waals surface area contributed by atoms with E-state index in [1.165, 1.54) is 5.56 Å². The Morgan fingerprint density at radius 3 is 2.67 bits per heavy atom. The summed E-state index contributed by atoms with van der Waals surface area (Å²) in [5.41, 5.74) is 1.21. The third kappa shape index (κ3) is 2.41. The largest absolute Gasteiger partial charge is 0.516 e. The molecule has 0 saturated carbocycles. The first-order valence-electron chi connectivity index (χ1n) is 6.77. The highest BCUT2D eigenvalue weighted by Crippen LogP contribution is 2.31. The molecule has 0 radical (unpaired) electrons. The van der Waals surface area contributed by atoms with Crippen molar-refractivity contribution in [3.63, 3.8) is 0 Å². The van der Waals surface area contributed by atoms with Crippen LogP contribution >= 0.6 is 0 Å². The van der Waals surface area contributed by atoms with Gasteiger partial charge >= 0.3 is 6.09 Å². The van der Waals surface area contributed by atoms with E-state index in [9.17, 15) is 4.79 Å². The topological polar surface area (TPSA) is 26.3 Å². The van der Waals surface area contributed by atoms with Crippen molar-refractivity contribution in [3.05, 3.63) is 35.9 Å². The predicted octanol–water partition coefficient (Wildman–Crippen LogP) is 3.34. The fourth-order valence-corrected chi connectivity index (χ4v) is 2.87. The number of carbonyl (C=O) groups excluding carboxylic acids is 1. The van der Waals surface area contributed by atoms with E-state index in [1.807, 2.05) is 25.1 Å². The van der Waals surface area contributed by atoms with Crippen LogP contribution in [-0.4, -0.2) is 29.8 Å². The van der Waals surface area contributed by atoms with Gasteiger partial charge in [-0.15, -0.1) is 0 Å². The van der Waals surface area contributed by atoms with Crippen LogP contribution in [0.15, 0.2) is 30.3 Å². The average Bonchev–Trinajstić information content (AvgIpc) is 2.74. The molecule has 1 saturated heterocycles. The lowest BCUT2D eigenvalue weighted by molar-refractivity contribution is -0.881. The second kappa shape index (κ2) is 5.53. The van der Waals surface area contributed by atoms with Crippen LogP contribution in [0, 0.1) is 0 Å². The third-order valence-electron chi connectivity index (χ3n) is 3.96. The highest BCUT2D eigenvalue weighted by atomic mass is 16.6. The third-order valence-corrected chi connectivity index (χ3v) is 3.96. The lowest BCUT2D eigenvalue weighted by atomic mass is 10.1. The van der Waals surface area contributed by atoms with Crippen molar-refractivity contribution in [1.29, 1.82) is 0 Å². The Bertz CT molecular complexity index is 404. The molecule has 3 nitrogen and oxygen atoms in total. The van der Waals surface area contributed by atoms with Crippen LogP contribution in [0.4, 0.5) is 4.79 Å². The van der Waals surface area contributed by atoms with Gasteiger partial charge < -0.3 is 4.74 Å². The lowest BCUT2D eigenvalue weighted by Crippen LogP contribution is -2.54. The Hall–Kier alpha value is -1.35. The second-order valence-corrected chi connectivity index (χ2v) is 5.09. The Kier molecular flexibility index (Phi) is 4.02. The Labute approximate surface area is 109 Å². The molecule has 1 amide bonds. The SMILES string of the molecule is CCOC(=O)[N+]1(Cc2ccccc2)CCC[C@H]1C. The highest BCUT2D eigenvalue weighted by molar-refractivity contribution is 5.60. The summed E-state index contributed by atoms with van der Waals surface area (Å²) in [6.07, 6.45) is 2.14. The van der Waals surface area contributed by atoms with Gasteiger partial charge in [-0.25, -0.2) is 4.48 Å². The zero-order valence-electron chi connectivity index (χ0n) is 11.3. The number of rotatable bonds is 3. The summed E-state index contributed by atoms with van der Waals surface area (Å²) in [5, 5.41) is 0. The minimum atomic E-state index is -0.0636. The first kappa shape index (κ1) is 13.1. The van der Waals surface area contributed by atoms with E-state index in [0.29, 0.717) is 17.1 Å². The summed E-state index contributed by atoms with van der Waals surface area (Å²) in [7, 11) is 0. The molecule has 0 spiro atoms. The van der Waals surface area contributed by atoms with Gasteiger partial charge in [0.2, 0.25) is 0 Å². The zero-order chi connectivity index (χ0) is 13.0. The molecule has 1 aliphatic rings. The van der Waals surface area contributed by atoms with Crippen LogP contribution < -0.4 is 0 Å². The maximum absolute atomic E-state index is 12.3. The summed E-state index contributed by atoms with van der Waals surface area (Å²) >= 11 is 0. The summed E-state index contributed by atoms with van der Waals surface area (Å²) in [4.78, 5) is 12.3. The van der Waals surface area contributed by atoms with Crippen LogP contribution in [0.5, 0.6) is 0 Å². The van der Waals surface area contributed by atoms with Crippen LogP contribution in [0.2, 0.25) is 0 Å². The minimum Gasteiger partial charge on any atom is -0.420 e. The molecule has 2 rings (SSSR count). The van der Waals surface area contributed by atoms with Gasteiger partial charge in [0.05, 0.1) is 19.2 Å². The van der Waals surface area contributed by atoms with Gasteiger partial charge in [-0.1, -0.05) is 30.3 Å². The van der Waals surface area contributed by atoms with Crippen LogP contribution in [0.25, 0.3) is 0 Å². The Morgan fingerprint density at radius 2 is 2.11 bits per heavy atom. The van der Waals surface area contributed by atoms with Gasteiger partial charge in [0, 0.05) is 18.4 Å². The molecule has 18 heavy (non-hydrogen) atoms. The molecule has 1 heterocycles. The number of likely N-dealkylation sites (tertiary alicyclic amines) is 1. The van der Waals surface area contributed by atoms with E-state index >= 15 is 0 Å². The van der Waals surface area contributed by atoms with Gasteiger partial charge in [0.1, 0.15) is 6.54 Å². The number of hydrogen-bond acceptors (Lipinski definition) is 2. The molecular weight excluding hydrogens is 226 g/mol. The molecule has 0 aromatic heterocycles. The van der Waals surface area contributed by atoms with E-state index in [0.717, 1.165) is 25.9 Å². The summed E-state index contributed by atoms with van der Waals surface area (Å²) in [6, 6.07) is 10.6. The average molecular weight is 248 g/mol. The standard InChI is InChI=1S/C15H22NO2/c1-3-18-15(17)16(11-7-8-13(16)2)12-14-9-5-4-6-10-14/h4-6,9-10,13H,3,7-8,11-12H2,1-2H3/q+1/t13-,16?/m1/s1. The summed E-state index contributed by atoms with van der Waals surface area (Å²) < 4.78 is 5.76. The molecule has 0 N–H and O–H groups in total. The maximum Gasteiger partial charge on any atom is 0.516 e. The van der Waals surface area contributed by atoms with Crippen LogP contribution in [-0.2, 0) is 11.3 Å². The molecule has 2 atom stereocenters. The number of quaternary nitrogens is 1. The molecule has 1 unspecified atom stereocenters. The zero-order valence-corrected chi connectivity index (χ0v) is 11.3. The number of carbonyl (C=O) groups is 1. The molecule has 3 heteroatoms. The molecule has 1 aromatic carbocycles. The normalized spacial score (nSPS) is 27.1. The molecular formula is C15H22NO2+. The fourth-order valence-electron chi connectivity index (χ4n) is 2.87. The highest BCUT2D eigenvalue weighted by Gasteiger charge is 2.47. The van der Waals surface area contributed by atoms with Gasteiger partial charge in [-0.2, -0.15) is 4.79 Å². The van der Waals surface area contributed by atoms with Crippen molar-refractivity contribution in [3.8, 4) is 0 Å². The number of hydrogen-bond donors (Lipinski definition) is 0. The van der Waals surface area contributed by atoms with Crippen molar-refractivity contribution in [2.24, 2.45) is 0 Å². The van der Waals surface area contributed by atoms with Gasteiger partial charge in [-0.3, -0.25) is 0 Å². The van der Waals surface area contributed by atoms with E-state index < -0.39 is 0 Å². The molecule has 1 aliphatic heterocycles. The fraction of sp³-hybridized carbons (Fsp3) is 0.533. The predicted molar refractivity (Wildman–Crippen MR) is 71.0 cm³/mol. The smallest absolute Gasteiger partial charge is 0.420 e. The number of nitrogens with zero attached hydrogens (tertiary/aromatic N) is 1. The van der Waals surface area contributed by atoms with Gasteiger partial charge in [0.25, 0.3) is 0 Å². The summed E-state index contributed by atoms with van der Waals surface area (Å²) in [5.74, 6) is 0. The van der Waals surface area contributed by atoms with Crippen LogP contribution in [0.3, 0.4) is 0 Å². The van der Waals surface area contributed by atoms with Gasteiger partial charge in [-0.05, 0) is 13.8 Å². The quantitative estimate of drug-likeness (QED) is 0.767. The van der Waals surface area contributed by atoms with E-state index in [1.54, 1.807) is 0 Å². The molecule has 98 valence electrons. The van der Waals surface area contributed by atoms with E-state index in [-0.39, 0.29) is 6.09 Å². The number of ether oxygens (including phenoxy) is 1. The monoisotopic (exact) mass is 248 g/mol. The van der Waals surface area contributed by atoms with Crippen molar-refractivity contribution < 1.29 is 14.0 Å². The van der Waals surface area contributed by atoms with Crippen molar-refractivity contribution in [2.75, 3.05) is 13.2 Å². The van der Waals surface area contributed by atoms with Crippen molar-refractivity contribution in [2.45, 2.75) is 39.3 Å². The molecule has 0 bridgehead atoms. The summed E-state index contributed by atoms with van der Waals surface area (Å²) in [6.45, 7) is 6.14. The first-order valence-corrected chi connectivity index (χ1v) is 6.77. The number of benzene rings is 1. The van der Waals surface area contributed by atoms with Crippen molar-refractivity contribution in [1.82, 2.24) is 0 Å². The van der Waals surface area contributed by atoms with E-state index in [2.05, 4.69) is 19.1 Å². The van der Waals surface area contributed by atoms with Gasteiger partial charge in [0.15, 0.2) is 0 Å². The lowest BCUT2D eigenvalue weighted by Gasteiger charge is -2.34. The van der Waals surface area contributed by atoms with E-state index in [4.69, 9.17) is 4.74 Å². The maximum atomic E-state index is 12.3.